The van der Waals surface area contributed by atoms with Crippen LogP contribution in [0.25, 0.3) is 10.6 Å². The van der Waals surface area contributed by atoms with Crippen molar-refractivity contribution in [2.75, 3.05) is 6.54 Å². The van der Waals surface area contributed by atoms with E-state index in [1.165, 1.54) is 12.1 Å². The molecule has 0 amide bonds. The largest absolute Gasteiger partial charge is 0.308 e. The lowest BCUT2D eigenvalue weighted by molar-refractivity contribution is 0.531. The summed E-state index contributed by atoms with van der Waals surface area (Å²) in [4.78, 5) is 0. The Hall–Kier alpha value is -0.600. The molecule has 1 unspecified atom stereocenters. The maximum absolute atomic E-state index is 13.1. The first-order chi connectivity index (χ1) is 9.15. The lowest BCUT2D eigenvalue weighted by Gasteiger charge is -2.11. The van der Waals surface area contributed by atoms with Crippen molar-refractivity contribution < 1.29 is 4.39 Å². The van der Waals surface area contributed by atoms with Crippen molar-refractivity contribution in [1.29, 1.82) is 0 Å². The second kappa shape index (κ2) is 6.71. The third kappa shape index (κ3) is 3.49. The molecule has 0 aliphatic rings. The molecular weight excluding hydrogens is 376 g/mol. The molecule has 0 saturated heterocycles. The van der Waals surface area contributed by atoms with Gasteiger partial charge < -0.3 is 5.32 Å². The number of rotatable bonds is 5. The zero-order valence-corrected chi connectivity index (χ0v) is 13.8. The standard InChI is InChI=1S/C13H15FIN3S/c1-3-11(16-4-2)13-18-17-12(19-13)9-6-5-8(14)7-10(9)15/h5-7,11,16H,3-4H2,1-2H3. The fourth-order valence-corrected chi connectivity index (χ4v) is 3.76. The van der Waals surface area contributed by atoms with Gasteiger partial charge >= 0.3 is 0 Å². The quantitative estimate of drug-likeness (QED) is 0.783. The first-order valence-electron chi connectivity index (χ1n) is 6.17. The molecule has 1 N–H and O–H groups in total. The number of benzene rings is 1. The Bertz CT molecular complexity index is 559. The molecule has 1 atom stereocenters. The van der Waals surface area contributed by atoms with Crippen LogP contribution in [0.3, 0.4) is 0 Å². The minimum atomic E-state index is -0.225. The van der Waals surface area contributed by atoms with Crippen molar-refractivity contribution in [1.82, 2.24) is 15.5 Å². The first kappa shape index (κ1) is 14.8. The maximum atomic E-state index is 13.1. The van der Waals surface area contributed by atoms with E-state index in [4.69, 9.17) is 0 Å². The Morgan fingerprint density at radius 2 is 2.16 bits per heavy atom. The van der Waals surface area contributed by atoms with Gasteiger partial charge in [-0.1, -0.05) is 25.2 Å². The van der Waals surface area contributed by atoms with E-state index < -0.39 is 0 Å². The third-order valence-corrected chi connectivity index (χ3v) is 4.72. The van der Waals surface area contributed by atoms with Gasteiger partial charge in [0.25, 0.3) is 0 Å². The predicted molar refractivity (Wildman–Crippen MR) is 84.7 cm³/mol. The summed E-state index contributed by atoms with van der Waals surface area (Å²) in [5.41, 5.74) is 0.942. The molecule has 2 rings (SSSR count). The molecule has 0 fully saturated rings. The highest BCUT2D eigenvalue weighted by Gasteiger charge is 2.16. The highest BCUT2D eigenvalue weighted by Crippen LogP contribution is 2.31. The smallest absolute Gasteiger partial charge is 0.148 e. The summed E-state index contributed by atoms with van der Waals surface area (Å²) in [5.74, 6) is -0.225. The molecule has 0 radical (unpaired) electrons. The average molecular weight is 391 g/mol. The van der Waals surface area contributed by atoms with E-state index >= 15 is 0 Å². The minimum absolute atomic E-state index is 0.225. The zero-order valence-electron chi connectivity index (χ0n) is 10.8. The summed E-state index contributed by atoms with van der Waals surface area (Å²) in [5, 5.41) is 13.7. The van der Waals surface area contributed by atoms with Crippen LogP contribution < -0.4 is 5.32 Å². The van der Waals surface area contributed by atoms with Crippen molar-refractivity contribution in [2.45, 2.75) is 26.3 Å². The molecule has 3 nitrogen and oxygen atoms in total. The van der Waals surface area contributed by atoms with Gasteiger partial charge in [-0.15, -0.1) is 10.2 Å². The lowest BCUT2D eigenvalue weighted by Crippen LogP contribution is -2.19. The van der Waals surface area contributed by atoms with Crippen molar-refractivity contribution in [3.8, 4) is 10.6 Å². The van der Waals surface area contributed by atoms with Crippen LogP contribution in [0.1, 0.15) is 31.3 Å². The molecule has 6 heteroatoms. The Kier molecular flexibility index (Phi) is 5.23. The molecular formula is C13H15FIN3S. The first-order valence-corrected chi connectivity index (χ1v) is 8.07. The Morgan fingerprint density at radius 1 is 1.37 bits per heavy atom. The molecule has 102 valence electrons. The van der Waals surface area contributed by atoms with E-state index in [0.29, 0.717) is 0 Å². The van der Waals surface area contributed by atoms with Gasteiger partial charge in [0.1, 0.15) is 15.8 Å². The molecule has 2 aromatic rings. The second-order valence-electron chi connectivity index (χ2n) is 4.09. The molecule has 1 aromatic carbocycles. The number of nitrogens with zero attached hydrogens (tertiary/aromatic N) is 2. The van der Waals surface area contributed by atoms with E-state index in [1.54, 1.807) is 17.4 Å². The van der Waals surface area contributed by atoms with E-state index in [0.717, 1.165) is 32.1 Å². The molecule has 0 aliphatic heterocycles. The summed E-state index contributed by atoms with van der Waals surface area (Å²) >= 11 is 3.69. The van der Waals surface area contributed by atoms with Crippen LogP contribution in [-0.4, -0.2) is 16.7 Å². The van der Waals surface area contributed by atoms with Gasteiger partial charge in [0, 0.05) is 9.13 Å². The Morgan fingerprint density at radius 3 is 2.79 bits per heavy atom. The summed E-state index contributed by atoms with van der Waals surface area (Å²) in [6, 6.07) is 4.98. The molecule has 0 spiro atoms. The lowest BCUT2D eigenvalue weighted by atomic mass is 10.2. The van der Waals surface area contributed by atoms with Crippen molar-refractivity contribution in [3.63, 3.8) is 0 Å². The van der Waals surface area contributed by atoms with Gasteiger partial charge in [-0.3, -0.25) is 0 Å². The van der Waals surface area contributed by atoms with Gasteiger partial charge in [0.2, 0.25) is 0 Å². The van der Waals surface area contributed by atoms with E-state index in [2.05, 4.69) is 52.0 Å². The van der Waals surface area contributed by atoms with Crippen LogP contribution in [0.5, 0.6) is 0 Å². The summed E-state index contributed by atoms with van der Waals surface area (Å²) < 4.78 is 14.0. The summed E-state index contributed by atoms with van der Waals surface area (Å²) in [6.45, 7) is 5.10. The van der Waals surface area contributed by atoms with Gasteiger partial charge in [-0.25, -0.2) is 4.39 Å². The number of halogens is 2. The SMILES string of the molecule is CCNC(CC)c1nnc(-c2ccc(F)cc2I)s1. The Balaban J connectivity index is 2.29. The molecule has 19 heavy (non-hydrogen) atoms. The predicted octanol–water partition coefficient (Wildman–Crippen LogP) is 4.01. The van der Waals surface area contributed by atoms with Crippen LogP contribution in [0.4, 0.5) is 4.39 Å². The van der Waals surface area contributed by atoms with Crippen LogP contribution in [0, 0.1) is 9.39 Å². The molecule has 0 saturated carbocycles. The topological polar surface area (TPSA) is 37.8 Å². The van der Waals surface area contributed by atoms with Crippen LogP contribution in [0.15, 0.2) is 18.2 Å². The molecule has 1 heterocycles. The van der Waals surface area contributed by atoms with Gasteiger partial charge in [-0.2, -0.15) is 0 Å². The molecule has 0 aliphatic carbocycles. The third-order valence-electron chi connectivity index (χ3n) is 2.76. The van der Waals surface area contributed by atoms with Crippen molar-refractivity contribution in [2.24, 2.45) is 0 Å². The van der Waals surface area contributed by atoms with E-state index in [1.807, 2.05) is 0 Å². The van der Waals surface area contributed by atoms with Crippen LogP contribution in [-0.2, 0) is 0 Å². The van der Waals surface area contributed by atoms with Gasteiger partial charge in [-0.05, 0) is 53.8 Å². The van der Waals surface area contributed by atoms with E-state index in [-0.39, 0.29) is 11.9 Å². The number of hydrogen-bond donors (Lipinski definition) is 1. The summed E-state index contributed by atoms with van der Waals surface area (Å²) in [7, 11) is 0. The average Bonchev–Trinajstić information content (AvgIpc) is 2.85. The zero-order chi connectivity index (χ0) is 13.8. The van der Waals surface area contributed by atoms with Gasteiger partial charge in [0.05, 0.1) is 6.04 Å². The van der Waals surface area contributed by atoms with Crippen molar-refractivity contribution in [3.05, 3.63) is 32.6 Å². The van der Waals surface area contributed by atoms with Crippen LogP contribution in [0.2, 0.25) is 0 Å². The fraction of sp³-hybridized carbons (Fsp3) is 0.385. The molecule has 0 bridgehead atoms. The van der Waals surface area contributed by atoms with Crippen LogP contribution >= 0.6 is 33.9 Å². The number of hydrogen-bond acceptors (Lipinski definition) is 4. The summed E-state index contributed by atoms with van der Waals surface area (Å²) in [6.07, 6.45) is 0.975. The number of aromatic nitrogens is 2. The normalized spacial score (nSPS) is 12.6. The Labute approximate surface area is 129 Å². The highest BCUT2D eigenvalue weighted by molar-refractivity contribution is 14.1. The van der Waals surface area contributed by atoms with Gasteiger partial charge in [0.15, 0.2) is 0 Å². The second-order valence-corrected chi connectivity index (χ2v) is 6.26. The molecule has 1 aromatic heterocycles. The van der Waals surface area contributed by atoms with Crippen molar-refractivity contribution >= 4 is 33.9 Å². The minimum Gasteiger partial charge on any atom is -0.308 e. The monoisotopic (exact) mass is 391 g/mol. The maximum Gasteiger partial charge on any atom is 0.148 e. The fourth-order valence-electron chi connectivity index (χ4n) is 1.80. The highest BCUT2D eigenvalue weighted by atomic mass is 127. The number of nitrogens with one attached hydrogen (secondary N) is 1. The van der Waals surface area contributed by atoms with E-state index in [9.17, 15) is 4.39 Å².